The average Bonchev–Trinajstić information content (AvgIpc) is 3.95. The number of amides is 1. The fourth-order valence-corrected chi connectivity index (χ4v) is 11.5. The van der Waals surface area contributed by atoms with Crippen molar-refractivity contribution in [3.8, 4) is 11.5 Å². The third kappa shape index (κ3) is 8.61. The van der Waals surface area contributed by atoms with Crippen LogP contribution in [0.15, 0.2) is 84.3 Å². The molecule has 2 aliphatic heterocycles. The highest BCUT2D eigenvalue weighted by molar-refractivity contribution is 7.90. The minimum absolute atomic E-state index is 0.0266. The first-order valence-electron chi connectivity index (χ1n) is 22.3. The van der Waals surface area contributed by atoms with Gasteiger partial charge in [-0.1, -0.05) is 57.4 Å². The van der Waals surface area contributed by atoms with E-state index in [0.29, 0.717) is 47.3 Å². The van der Waals surface area contributed by atoms with Gasteiger partial charge in [0.05, 0.1) is 28.9 Å². The minimum Gasteiger partial charge on any atom is -0.455 e. The lowest BCUT2D eigenvalue weighted by Gasteiger charge is -2.56. The molecule has 3 N–H and O–H groups in total. The van der Waals surface area contributed by atoms with Gasteiger partial charge in [-0.05, 0) is 111 Å². The van der Waals surface area contributed by atoms with E-state index in [-0.39, 0.29) is 17.0 Å². The van der Waals surface area contributed by atoms with E-state index in [9.17, 15) is 23.3 Å². The highest BCUT2D eigenvalue weighted by Crippen LogP contribution is 2.54. The van der Waals surface area contributed by atoms with Crippen molar-refractivity contribution in [2.75, 3.05) is 36.4 Å². The number of likely N-dealkylation sites (tertiary alicyclic amines) is 1. The molecule has 5 heterocycles. The second-order valence-electron chi connectivity index (χ2n) is 18.2. The van der Waals surface area contributed by atoms with Gasteiger partial charge in [-0.15, -0.1) is 0 Å². The molecule has 62 heavy (non-hydrogen) atoms. The highest BCUT2D eigenvalue weighted by Gasteiger charge is 2.50. The minimum atomic E-state index is -4.63. The number of nitrogens with one attached hydrogen (secondary N) is 3. The summed E-state index contributed by atoms with van der Waals surface area (Å²) in [5.74, 6) is 0.439. The largest absolute Gasteiger partial charge is 0.455 e. The van der Waals surface area contributed by atoms with Gasteiger partial charge in [0.1, 0.15) is 22.8 Å². The van der Waals surface area contributed by atoms with Gasteiger partial charge < -0.3 is 19.9 Å². The lowest BCUT2D eigenvalue weighted by Crippen LogP contribution is -2.54. The number of hydrogen-bond donors (Lipinski definition) is 3. The van der Waals surface area contributed by atoms with Gasteiger partial charge in [0, 0.05) is 55.1 Å². The molecule has 0 radical (unpaired) electrons. The number of fused-ring (bicyclic) bond motifs is 1. The van der Waals surface area contributed by atoms with Gasteiger partial charge in [0.25, 0.3) is 21.6 Å². The molecule has 4 fully saturated rings. The van der Waals surface area contributed by atoms with E-state index in [0.717, 1.165) is 81.5 Å². The highest BCUT2D eigenvalue weighted by atomic mass is 32.2. The number of carbonyl (C=O) groups excluding carboxylic acids is 1. The number of piperidine rings is 1. The van der Waals surface area contributed by atoms with E-state index >= 15 is 0 Å². The second-order valence-corrected chi connectivity index (χ2v) is 19.8. The van der Waals surface area contributed by atoms with Crippen LogP contribution in [0.25, 0.3) is 11.0 Å². The molecule has 2 saturated carbocycles. The average molecular weight is 861 g/mol. The summed E-state index contributed by atoms with van der Waals surface area (Å²) in [4.78, 5) is 42.0. The Hall–Kier alpha value is -5.54. The fraction of sp³-hybridized carbons (Fsp3) is 0.468. The number of nitro groups is 1. The number of carbonyl (C=O) groups is 1. The van der Waals surface area contributed by atoms with Gasteiger partial charge >= 0.3 is 0 Å². The number of H-pyrrole nitrogens is 1. The second kappa shape index (κ2) is 17.3. The molecule has 14 nitrogen and oxygen atoms in total. The summed E-state index contributed by atoms with van der Waals surface area (Å²) >= 11 is 0. The van der Waals surface area contributed by atoms with E-state index in [2.05, 4.69) is 72.9 Å². The van der Waals surface area contributed by atoms with Crippen LogP contribution in [0.1, 0.15) is 118 Å². The van der Waals surface area contributed by atoms with E-state index in [4.69, 9.17) is 4.74 Å². The molecule has 1 atom stereocenters. The van der Waals surface area contributed by atoms with Gasteiger partial charge in [0.15, 0.2) is 5.03 Å². The fourth-order valence-electron chi connectivity index (χ4n) is 10.5. The maximum Gasteiger partial charge on any atom is 0.296 e. The lowest BCUT2D eigenvalue weighted by atomic mass is 9.59. The number of pyridine rings is 2. The first-order chi connectivity index (χ1) is 29.9. The van der Waals surface area contributed by atoms with Crippen molar-refractivity contribution in [2.45, 2.75) is 108 Å². The molecule has 15 heteroatoms. The maximum absolute atomic E-state index is 13.9. The Morgan fingerprint density at radius 3 is 2.53 bits per heavy atom. The molecule has 326 valence electrons. The first kappa shape index (κ1) is 41.8. The molecular formula is C47H56N8O6S. The molecule has 3 aromatic heterocycles. The molecule has 1 spiro atoms. The van der Waals surface area contributed by atoms with Crippen LogP contribution in [0.3, 0.4) is 0 Å². The molecule has 2 saturated heterocycles. The summed E-state index contributed by atoms with van der Waals surface area (Å²) in [5, 5.41) is 15.4. The topological polar surface area (TPSA) is 176 Å². The molecule has 2 aromatic carbocycles. The Kier molecular flexibility index (Phi) is 11.7. The number of anilines is 2. The van der Waals surface area contributed by atoms with Crippen molar-refractivity contribution in [2.24, 2.45) is 11.3 Å². The predicted molar refractivity (Wildman–Crippen MR) is 239 cm³/mol. The number of sulfonamides is 1. The SMILES string of the molecule is CC(C)c1ccccc1[C@@H]1CCCN1C1CC2(CCN(c3ccc(C(=O)NS(=O)(=O)c4cc([N+](=O)[O-])c(NCC5CCCCC5)cn4)c(Oc4cnc5[nH]ccc5c4)c3)CC2)C1. The predicted octanol–water partition coefficient (Wildman–Crippen LogP) is 9.48. The Labute approximate surface area is 363 Å². The van der Waals surface area contributed by atoms with Crippen LogP contribution >= 0.6 is 0 Å². The molecule has 9 rings (SSSR count). The van der Waals surface area contributed by atoms with Gasteiger partial charge in [-0.2, -0.15) is 8.42 Å². The van der Waals surface area contributed by atoms with Crippen molar-refractivity contribution < 1.29 is 22.9 Å². The zero-order valence-electron chi connectivity index (χ0n) is 35.5. The first-order valence-corrected chi connectivity index (χ1v) is 23.7. The Bertz CT molecular complexity index is 2560. The van der Waals surface area contributed by atoms with E-state index < -0.39 is 31.6 Å². The number of benzene rings is 2. The van der Waals surface area contributed by atoms with E-state index in [1.165, 1.54) is 43.2 Å². The summed E-state index contributed by atoms with van der Waals surface area (Å²) in [6, 6.07) is 19.8. The molecule has 1 amide bonds. The molecule has 4 aliphatic rings. The number of nitrogens with zero attached hydrogens (tertiary/aromatic N) is 5. The normalized spacial score (nSPS) is 19.8. The van der Waals surface area contributed by atoms with Crippen molar-refractivity contribution >= 4 is 44.0 Å². The molecular weight excluding hydrogens is 805 g/mol. The Morgan fingerprint density at radius 2 is 1.76 bits per heavy atom. The van der Waals surface area contributed by atoms with Gasteiger partial charge in [-0.25, -0.2) is 14.7 Å². The smallest absolute Gasteiger partial charge is 0.296 e. The molecule has 5 aromatic rings. The van der Waals surface area contributed by atoms with Crippen LogP contribution in [-0.4, -0.2) is 71.3 Å². The summed E-state index contributed by atoms with van der Waals surface area (Å²) < 4.78 is 35.7. The van der Waals surface area contributed by atoms with E-state index in [1.54, 1.807) is 30.6 Å². The lowest BCUT2D eigenvalue weighted by molar-refractivity contribution is -0.384. The zero-order valence-corrected chi connectivity index (χ0v) is 36.3. The van der Waals surface area contributed by atoms with Crippen molar-refractivity contribution in [3.63, 3.8) is 0 Å². The zero-order chi connectivity index (χ0) is 43.0. The van der Waals surface area contributed by atoms with Crippen LogP contribution in [0.5, 0.6) is 11.5 Å². The third-order valence-electron chi connectivity index (χ3n) is 13.9. The van der Waals surface area contributed by atoms with Crippen LogP contribution in [0.2, 0.25) is 0 Å². The van der Waals surface area contributed by atoms with Gasteiger partial charge in [-0.3, -0.25) is 19.8 Å². The van der Waals surface area contributed by atoms with Crippen LogP contribution in [0.4, 0.5) is 17.1 Å². The standard InChI is InChI=1S/C47H56N8O6S/c1-31(2)37-11-6-7-12-38(37)41-13-8-20-54(41)35-26-47(27-35)17-21-53(22-18-47)34-14-15-39(43(24-34)61-36-23-33-16-19-48-45(33)51-29-36)46(56)52-62(59,60)44-25-42(55(57)58)40(30-50-44)49-28-32-9-4-3-5-10-32/h6-7,11-12,14-16,19,23-25,29-32,35,41,49H,3-5,8-10,13,17-18,20-22,26-28H2,1-2H3,(H,48,51)(H,52,56)/t41-/m0/s1. The molecule has 2 aliphatic carbocycles. The summed E-state index contributed by atoms with van der Waals surface area (Å²) in [7, 11) is -4.63. The van der Waals surface area contributed by atoms with Crippen LogP contribution < -0.4 is 19.7 Å². The number of aromatic amines is 1. The van der Waals surface area contributed by atoms with Crippen molar-refractivity contribution in [1.82, 2.24) is 24.6 Å². The Balaban J connectivity index is 0.903. The number of rotatable bonds is 13. The number of ether oxygens (including phenoxy) is 1. The quantitative estimate of drug-likeness (QED) is 0.0760. The van der Waals surface area contributed by atoms with E-state index in [1.807, 2.05) is 12.1 Å². The summed E-state index contributed by atoms with van der Waals surface area (Å²) in [6.45, 7) is 7.95. The molecule has 0 bridgehead atoms. The summed E-state index contributed by atoms with van der Waals surface area (Å²) in [6.07, 6.45) is 16.9. The van der Waals surface area contributed by atoms with Crippen molar-refractivity contribution in [3.05, 3.63) is 106 Å². The monoisotopic (exact) mass is 860 g/mol. The van der Waals surface area contributed by atoms with Crippen molar-refractivity contribution in [1.29, 1.82) is 0 Å². The number of aromatic nitrogens is 3. The molecule has 0 unspecified atom stereocenters. The maximum atomic E-state index is 13.9. The number of hydrogen-bond acceptors (Lipinski definition) is 11. The summed E-state index contributed by atoms with van der Waals surface area (Å²) in [5.41, 5.74) is 4.48. The van der Waals surface area contributed by atoms with Crippen LogP contribution in [-0.2, 0) is 10.0 Å². The van der Waals surface area contributed by atoms with Gasteiger partial charge in [0.2, 0.25) is 0 Å². The van der Waals surface area contributed by atoms with Crippen LogP contribution in [0, 0.1) is 21.4 Å². The third-order valence-corrected chi connectivity index (χ3v) is 15.2. The Morgan fingerprint density at radius 1 is 0.968 bits per heavy atom.